The molecule has 0 saturated carbocycles. The molecule has 0 bridgehead atoms. The maximum atomic E-state index is 14.2. The number of aromatic amines is 1. The van der Waals surface area contributed by atoms with Crippen LogP contribution in [0.1, 0.15) is 33.4 Å². The van der Waals surface area contributed by atoms with Gasteiger partial charge in [-0.15, -0.1) is 0 Å². The lowest BCUT2D eigenvalue weighted by Gasteiger charge is -2.41. The first-order valence-electron chi connectivity index (χ1n) is 13.2. The second-order valence-corrected chi connectivity index (χ2v) is 9.72. The highest BCUT2D eigenvalue weighted by molar-refractivity contribution is 6.05. The van der Waals surface area contributed by atoms with Crippen LogP contribution in [0.5, 0.6) is 11.5 Å². The van der Waals surface area contributed by atoms with E-state index in [2.05, 4.69) is 10.3 Å². The lowest BCUT2D eigenvalue weighted by Crippen LogP contribution is -2.47. The van der Waals surface area contributed by atoms with Crippen LogP contribution in [-0.2, 0) is 9.53 Å². The summed E-state index contributed by atoms with van der Waals surface area (Å²) in [6, 6.07) is 31.6. The van der Waals surface area contributed by atoms with Crippen LogP contribution < -0.4 is 10.1 Å². The predicted octanol–water partition coefficient (Wildman–Crippen LogP) is 6.53. The van der Waals surface area contributed by atoms with Crippen LogP contribution in [0.25, 0.3) is 10.9 Å². The third-order valence-corrected chi connectivity index (χ3v) is 7.30. The molecule has 2 N–H and O–H groups in total. The number of ether oxygens (including phenoxy) is 2. The molecule has 0 saturated heterocycles. The number of nitrogens with one attached hydrogen (secondary N) is 2. The zero-order valence-corrected chi connectivity index (χ0v) is 22.0. The minimum absolute atomic E-state index is 0.116. The molecule has 0 fully saturated rings. The first-order chi connectivity index (χ1) is 19.6. The number of carbonyl (C=O) groups excluding carboxylic acids is 2. The molecule has 2 amide bonds. The van der Waals surface area contributed by atoms with Gasteiger partial charge in [-0.3, -0.25) is 9.59 Å². The van der Waals surface area contributed by atoms with Crippen molar-refractivity contribution in [2.75, 3.05) is 25.6 Å². The van der Waals surface area contributed by atoms with Crippen LogP contribution in [0, 0.1) is 0 Å². The Hall–Kier alpha value is -4.88. The molecule has 1 aliphatic rings. The van der Waals surface area contributed by atoms with Crippen LogP contribution >= 0.6 is 0 Å². The van der Waals surface area contributed by atoms with Crippen molar-refractivity contribution in [3.05, 3.63) is 126 Å². The Labute approximate surface area is 232 Å². The van der Waals surface area contributed by atoms with Gasteiger partial charge in [-0.05, 0) is 54.1 Å². The fourth-order valence-electron chi connectivity index (χ4n) is 5.45. The maximum absolute atomic E-state index is 14.2. The van der Waals surface area contributed by atoms with Gasteiger partial charge >= 0.3 is 0 Å². The number of methoxy groups -OCH3 is 1. The minimum Gasteiger partial charge on any atom is -0.457 e. The highest BCUT2D eigenvalue weighted by Crippen LogP contribution is 2.45. The Morgan fingerprint density at radius 1 is 0.850 bits per heavy atom. The number of para-hydroxylation sites is 2. The number of fused-ring (bicyclic) bond motifs is 2. The molecule has 1 aliphatic heterocycles. The molecule has 1 aromatic heterocycles. The maximum Gasteiger partial charge on any atom is 0.254 e. The van der Waals surface area contributed by atoms with Gasteiger partial charge in [-0.25, -0.2) is 0 Å². The topological polar surface area (TPSA) is 83.7 Å². The highest BCUT2D eigenvalue weighted by Gasteiger charge is 2.44. The molecule has 2 atom stereocenters. The number of H-pyrrole nitrogens is 1. The van der Waals surface area contributed by atoms with Gasteiger partial charge in [0.1, 0.15) is 11.5 Å². The smallest absolute Gasteiger partial charge is 0.254 e. The monoisotopic (exact) mass is 531 g/mol. The first-order valence-corrected chi connectivity index (χ1v) is 13.2. The molecule has 0 radical (unpaired) electrons. The number of carbonyl (C=O) groups is 2. The summed E-state index contributed by atoms with van der Waals surface area (Å²) >= 11 is 0. The molecule has 2 heterocycles. The van der Waals surface area contributed by atoms with Gasteiger partial charge < -0.3 is 24.7 Å². The standard InChI is InChI=1S/C33H29N3O4/c1-39-20-19-36-31(28-21-34-29-14-8-7-11-25(28)29)30(26-12-5-6-13-27(26)33(36)38)32(37)35-22-15-17-24(18-16-22)40-23-9-3-2-4-10-23/h2-18,21,30-31,34H,19-20H2,1H3,(H,35,37). The summed E-state index contributed by atoms with van der Waals surface area (Å²) in [5.41, 5.74) is 3.71. The summed E-state index contributed by atoms with van der Waals surface area (Å²) in [7, 11) is 1.61. The van der Waals surface area contributed by atoms with Crippen molar-refractivity contribution < 1.29 is 19.1 Å². The Balaban J connectivity index is 1.37. The summed E-state index contributed by atoms with van der Waals surface area (Å²) in [5.74, 6) is 0.440. The number of benzene rings is 4. The molecule has 7 heteroatoms. The first kappa shape index (κ1) is 25.4. The van der Waals surface area contributed by atoms with Crippen molar-refractivity contribution in [2.45, 2.75) is 12.0 Å². The predicted molar refractivity (Wildman–Crippen MR) is 155 cm³/mol. The minimum atomic E-state index is -0.648. The Kier molecular flexibility index (Phi) is 7.04. The molecule has 4 aromatic carbocycles. The average molecular weight is 532 g/mol. The third-order valence-electron chi connectivity index (χ3n) is 7.30. The van der Waals surface area contributed by atoms with E-state index in [0.29, 0.717) is 35.7 Å². The Morgan fingerprint density at radius 3 is 2.35 bits per heavy atom. The number of nitrogens with zero attached hydrogens (tertiary/aromatic N) is 1. The van der Waals surface area contributed by atoms with E-state index >= 15 is 0 Å². The molecule has 7 nitrogen and oxygen atoms in total. The van der Waals surface area contributed by atoms with Crippen molar-refractivity contribution in [1.82, 2.24) is 9.88 Å². The van der Waals surface area contributed by atoms with Gasteiger partial charge in [0.15, 0.2) is 0 Å². The lowest BCUT2D eigenvalue weighted by molar-refractivity contribution is -0.119. The molecule has 200 valence electrons. The average Bonchev–Trinajstić information content (AvgIpc) is 3.42. The zero-order valence-electron chi connectivity index (χ0n) is 22.0. The van der Waals surface area contributed by atoms with Gasteiger partial charge in [-0.2, -0.15) is 0 Å². The fourth-order valence-corrected chi connectivity index (χ4v) is 5.45. The van der Waals surface area contributed by atoms with Crippen molar-refractivity contribution in [2.24, 2.45) is 0 Å². The molecule has 5 aromatic rings. The molecular formula is C33H29N3O4. The van der Waals surface area contributed by atoms with Gasteiger partial charge in [-0.1, -0.05) is 54.6 Å². The van der Waals surface area contributed by atoms with E-state index < -0.39 is 12.0 Å². The largest absolute Gasteiger partial charge is 0.457 e. The van der Waals surface area contributed by atoms with Crippen LogP contribution in [0.15, 0.2) is 109 Å². The summed E-state index contributed by atoms with van der Waals surface area (Å²) in [5, 5.41) is 4.08. The van der Waals surface area contributed by atoms with Crippen molar-refractivity contribution in [1.29, 1.82) is 0 Å². The molecular weight excluding hydrogens is 502 g/mol. The van der Waals surface area contributed by atoms with Gasteiger partial charge in [0.25, 0.3) is 5.91 Å². The number of anilines is 1. The number of amides is 2. The van der Waals surface area contributed by atoms with E-state index in [1.54, 1.807) is 18.1 Å². The van der Waals surface area contributed by atoms with Crippen LogP contribution in [0.2, 0.25) is 0 Å². The summed E-state index contributed by atoms with van der Waals surface area (Å²) in [6.45, 7) is 0.702. The lowest BCUT2D eigenvalue weighted by atomic mass is 9.79. The van der Waals surface area contributed by atoms with E-state index in [4.69, 9.17) is 9.47 Å². The van der Waals surface area contributed by atoms with Crippen molar-refractivity contribution >= 4 is 28.4 Å². The van der Waals surface area contributed by atoms with Gasteiger partial charge in [0.05, 0.1) is 18.6 Å². The van der Waals surface area contributed by atoms with Crippen LogP contribution in [0.3, 0.4) is 0 Å². The van der Waals surface area contributed by atoms with E-state index in [0.717, 1.165) is 22.2 Å². The van der Waals surface area contributed by atoms with Crippen LogP contribution in [0.4, 0.5) is 5.69 Å². The number of hydrogen-bond donors (Lipinski definition) is 2. The SMILES string of the molecule is COCCN1C(=O)c2ccccc2C(C(=O)Nc2ccc(Oc3ccccc3)cc2)C1c1c[nH]c2ccccc12. The summed E-state index contributed by atoms with van der Waals surface area (Å²) in [6.07, 6.45) is 1.91. The van der Waals surface area contributed by atoms with E-state index in [1.165, 1.54) is 0 Å². The zero-order chi connectivity index (χ0) is 27.5. The van der Waals surface area contributed by atoms with Gasteiger partial charge in [0, 0.05) is 47.6 Å². The molecule has 2 unspecified atom stereocenters. The van der Waals surface area contributed by atoms with E-state index in [1.807, 2.05) is 103 Å². The summed E-state index contributed by atoms with van der Waals surface area (Å²) < 4.78 is 11.3. The Bertz CT molecular complexity index is 1650. The molecule has 0 spiro atoms. The second-order valence-electron chi connectivity index (χ2n) is 9.72. The van der Waals surface area contributed by atoms with Gasteiger partial charge in [0.2, 0.25) is 5.91 Å². The van der Waals surface area contributed by atoms with Crippen LogP contribution in [-0.4, -0.2) is 42.0 Å². The quantitative estimate of drug-likeness (QED) is 0.239. The second kappa shape index (κ2) is 11.1. The number of rotatable bonds is 8. The fraction of sp³-hybridized carbons (Fsp3) is 0.152. The van der Waals surface area contributed by atoms with Crippen molar-refractivity contribution in [3.8, 4) is 11.5 Å². The highest BCUT2D eigenvalue weighted by atomic mass is 16.5. The molecule has 0 aliphatic carbocycles. The third kappa shape index (κ3) is 4.83. The van der Waals surface area contributed by atoms with Crippen molar-refractivity contribution in [3.63, 3.8) is 0 Å². The molecule has 40 heavy (non-hydrogen) atoms. The van der Waals surface area contributed by atoms with E-state index in [9.17, 15) is 9.59 Å². The van der Waals surface area contributed by atoms with E-state index in [-0.39, 0.29) is 11.8 Å². The normalized spacial score (nSPS) is 16.5. The summed E-state index contributed by atoms with van der Waals surface area (Å²) in [4.78, 5) is 33.0. The number of hydrogen-bond acceptors (Lipinski definition) is 4. The molecule has 6 rings (SSSR count). The Morgan fingerprint density at radius 2 is 1.55 bits per heavy atom. The number of aromatic nitrogens is 1.